The molecule has 12 heteroatoms. The number of thiophene rings is 1. The molecule has 47 heavy (non-hydrogen) atoms. The van der Waals surface area contributed by atoms with E-state index in [1.54, 1.807) is 41.5 Å². The van der Waals surface area contributed by atoms with Crippen molar-refractivity contribution in [2.75, 3.05) is 46.5 Å². The number of amides is 4. The van der Waals surface area contributed by atoms with E-state index in [9.17, 15) is 19.2 Å². The van der Waals surface area contributed by atoms with E-state index >= 15 is 0 Å². The lowest BCUT2D eigenvalue weighted by Gasteiger charge is -2.24. The Morgan fingerprint density at radius 1 is 0.979 bits per heavy atom. The summed E-state index contributed by atoms with van der Waals surface area (Å²) in [6.45, 7) is 2.83. The van der Waals surface area contributed by atoms with Crippen LogP contribution in [0.25, 0.3) is 11.1 Å². The molecule has 2 N–H and O–H groups in total. The Bertz CT molecular complexity index is 1630. The zero-order valence-electron chi connectivity index (χ0n) is 26.5. The van der Waals surface area contributed by atoms with Gasteiger partial charge in [0.2, 0.25) is 17.7 Å². The summed E-state index contributed by atoms with van der Waals surface area (Å²) in [4.78, 5) is 56.4. The first-order chi connectivity index (χ1) is 22.9. The largest absolute Gasteiger partial charge is 0.496 e. The van der Waals surface area contributed by atoms with Crippen molar-refractivity contribution in [2.45, 2.75) is 51.1 Å². The van der Waals surface area contributed by atoms with Gasteiger partial charge in [-0.2, -0.15) is 0 Å². The van der Waals surface area contributed by atoms with Gasteiger partial charge in [0.15, 0.2) is 11.5 Å². The number of rotatable bonds is 4. The van der Waals surface area contributed by atoms with Gasteiger partial charge in [-0.1, -0.05) is 6.07 Å². The van der Waals surface area contributed by atoms with E-state index in [-0.39, 0.29) is 36.8 Å². The number of nitrogens with zero attached hydrogens (tertiary/aromatic N) is 2. The topological polar surface area (TPSA) is 127 Å². The number of fused-ring (bicyclic) bond motifs is 7. The van der Waals surface area contributed by atoms with Crippen LogP contribution in [0.2, 0.25) is 0 Å². The van der Waals surface area contributed by atoms with Crippen LogP contribution in [-0.4, -0.2) is 86.0 Å². The zero-order valence-corrected chi connectivity index (χ0v) is 27.4. The summed E-state index contributed by atoms with van der Waals surface area (Å²) < 4.78 is 18.3. The van der Waals surface area contributed by atoms with Crippen molar-refractivity contribution < 1.29 is 33.4 Å². The molecule has 3 aromatic rings. The first-order valence-corrected chi connectivity index (χ1v) is 17.0. The third kappa shape index (κ3) is 7.70. The average molecular weight is 661 g/mol. The van der Waals surface area contributed by atoms with Gasteiger partial charge in [0.25, 0.3) is 5.91 Å². The molecule has 4 heterocycles. The van der Waals surface area contributed by atoms with Gasteiger partial charge < -0.3 is 34.6 Å². The number of ether oxygens (including phenoxy) is 3. The van der Waals surface area contributed by atoms with Crippen molar-refractivity contribution >= 4 is 35.0 Å². The van der Waals surface area contributed by atoms with Crippen LogP contribution in [0.5, 0.6) is 17.2 Å². The predicted octanol–water partition coefficient (Wildman–Crippen LogP) is 3.79. The highest BCUT2D eigenvalue weighted by Crippen LogP contribution is 2.41. The van der Waals surface area contributed by atoms with Crippen LogP contribution in [0.4, 0.5) is 0 Å². The van der Waals surface area contributed by atoms with Gasteiger partial charge in [0, 0.05) is 54.2 Å². The predicted molar refractivity (Wildman–Crippen MR) is 177 cm³/mol. The first kappa shape index (κ1) is 32.4. The molecular weight excluding hydrogens is 620 g/mol. The number of carbonyl (C=O) groups excluding carboxylic acids is 4. The molecule has 11 nitrogen and oxygen atoms in total. The minimum Gasteiger partial charge on any atom is -0.496 e. The molecule has 248 valence electrons. The van der Waals surface area contributed by atoms with Crippen molar-refractivity contribution in [3.8, 4) is 28.4 Å². The van der Waals surface area contributed by atoms with Gasteiger partial charge in [-0.25, -0.2) is 0 Å². The maximum absolute atomic E-state index is 13.4. The van der Waals surface area contributed by atoms with Crippen molar-refractivity contribution in [1.29, 1.82) is 0 Å². The van der Waals surface area contributed by atoms with E-state index in [1.165, 1.54) is 0 Å². The van der Waals surface area contributed by atoms with Crippen molar-refractivity contribution in [1.82, 2.24) is 20.4 Å². The Morgan fingerprint density at radius 3 is 2.64 bits per heavy atom. The van der Waals surface area contributed by atoms with E-state index in [0.717, 1.165) is 28.8 Å². The molecule has 0 spiro atoms. The lowest BCUT2D eigenvalue weighted by atomic mass is 9.98. The average Bonchev–Trinajstić information content (AvgIpc) is 3.70. The van der Waals surface area contributed by atoms with E-state index in [4.69, 9.17) is 14.2 Å². The second kappa shape index (κ2) is 14.9. The fraction of sp³-hybridized carbons (Fsp3) is 0.429. The molecule has 4 amide bonds. The van der Waals surface area contributed by atoms with E-state index in [1.807, 2.05) is 34.5 Å². The SMILES string of the molecule is COc1ccc2cc1-c1cc3c(c(c1)OCCCN(C(=O)Cc1cccs1)CCCCNC2=O)OCCN(C(=O)[C@@H]1CCC(=O)N1)C3. The lowest BCUT2D eigenvalue weighted by Crippen LogP contribution is -2.44. The second-order valence-corrected chi connectivity index (χ2v) is 13.0. The quantitative estimate of drug-likeness (QED) is 0.436. The second-order valence-electron chi connectivity index (χ2n) is 11.9. The van der Waals surface area contributed by atoms with Crippen molar-refractivity contribution in [3.05, 3.63) is 63.8 Å². The molecule has 1 atom stereocenters. The van der Waals surface area contributed by atoms with Crippen LogP contribution in [0.1, 0.15) is 52.9 Å². The van der Waals surface area contributed by atoms with Crippen molar-refractivity contribution in [3.63, 3.8) is 0 Å². The Labute approximate surface area is 278 Å². The Morgan fingerprint density at radius 2 is 1.85 bits per heavy atom. The van der Waals surface area contributed by atoms with Gasteiger partial charge in [-0.3, -0.25) is 19.2 Å². The summed E-state index contributed by atoms with van der Waals surface area (Å²) in [6, 6.07) is 12.5. The molecule has 1 fully saturated rings. The highest BCUT2D eigenvalue weighted by Gasteiger charge is 2.33. The Kier molecular flexibility index (Phi) is 10.3. The van der Waals surface area contributed by atoms with Crippen LogP contribution in [0.3, 0.4) is 0 Å². The summed E-state index contributed by atoms with van der Waals surface area (Å²) in [7, 11) is 1.58. The smallest absolute Gasteiger partial charge is 0.251 e. The molecule has 4 bridgehead atoms. The number of nitrogens with one attached hydrogen (secondary N) is 2. The highest BCUT2D eigenvalue weighted by molar-refractivity contribution is 7.10. The van der Waals surface area contributed by atoms with Gasteiger partial charge in [-0.05, 0) is 73.0 Å². The van der Waals surface area contributed by atoms with Gasteiger partial charge in [-0.15, -0.1) is 11.3 Å². The Hall–Kier alpha value is -4.58. The van der Waals surface area contributed by atoms with Gasteiger partial charge in [0.05, 0.1) is 26.7 Å². The summed E-state index contributed by atoms with van der Waals surface area (Å²) in [6.07, 6.45) is 3.26. The van der Waals surface area contributed by atoms with Crippen LogP contribution in [0, 0.1) is 0 Å². The third-order valence-electron chi connectivity index (χ3n) is 8.71. The maximum Gasteiger partial charge on any atom is 0.251 e. The standard InChI is InChI=1S/C35H40N4O7S/c1-44-29-9-7-23-19-27(29)24-18-25-22-39(35(43)28-8-10-31(40)37-28)14-16-46-33(25)30(20-24)45-15-5-13-38(12-3-2-11-36-34(23)42)32(41)21-26-6-4-17-47-26/h4,6-7,9,17-20,28H,2-3,5,8,10-16,21-22H2,1H3,(H,36,42)(H,37,40)/t28-/m0/s1. The third-order valence-corrected chi connectivity index (χ3v) is 9.58. The monoisotopic (exact) mass is 660 g/mol. The molecule has 3 aliphatic heterocycles. The number of benzene rings is 2. The maximum atomic E-state index is 13.4. The molecule has 0 radical (unpaired) electrons. The van der Waals surface area contributed by atoms with Crippen molar-refractivity contribution in [2.24, 2.45) is 0 Å². The molecule has 0 saturated carbocycles. The number of hydrogen-bond acceptors (Lipinski definition) is 8. The van der Waals surface area contributed by atoms with Gasteiger partial charge >= 0.3 is 0 Å². The molecule has 3 aliphatic rings. The number of hydrogen-bond donors (Lipinski definition) is 2. The number of methoxy groups -OCH3 is 1. The lowest BCUT2D eigenvalue weighted by molar-refractivity contribution is -0.135. The van der Waals surface area contributed by atoms with E-state index in [0.29, 0.717) is 86.8 Å². The molecule has 1 saturated heterocycles. The summed E-state index contributed by atoms with van der Waals surface area (Å²) in [5.41, 5.74) is 2.68. The molecule has 6 rings (SSSR count). The fourth-order valence-corrected chi connectivity index (χ4v) is 6.93. The molecule has 0 aliphatic carbocycles. The fourth-order valence-electron chi connectivity index (χ4n) is 6.23. The van der Waals surface area contributed by atoms with Crippen LogP contribution >= 0.6 is 11.3 Å². The molecule has 2 aromatic carbocycles. The van der Waals surface area contributed by atoms with Crippen LogP contribution in [-0.2, 0) is 27.3 Å². The molecule has 0 unspecified atom stereocenters. The van der Waals surface area contributed by atoms with Crippen LogP contribution in [0.15, 0.2) is 47.8 Å². The summed E-state index contributed by atoms with van der Waals surface area (Å²) in [5.74, 6) is 1.25. The normalized spacial score (nSPS) is 18.9. The first-order valence-electron chi connectivity index (χ1n) is 16.2. The van der Waals surface area contributed by atoms with E-state index in [2.05, 4.69) is 10.6 Å². The highest BCUT2D eigenvalue weighted by atomic mass is 32.1. The molecular formula is C35H40N4O7S. The molecule has 1 aromatic heterocycles. The van der Waals surface area contributed by atoms with Gasteiger partial charge in [0.1, 0.15) is 18.4 Å². The van der Waals surface area contributed by atoms with Crippen LogP contribution < -0.4 is 24.8 Å². The zero-order chi connectivity index (χ0) is 32.8. The Balaban J connectivity index is 1.32. The minimum atomic E-state index is -0.550. The summed E-state index contributed by atoms with van der Waals surface area (Å²) >= 11 is 1.57. The summed E-state index contributed by atoms with van der Waals surface area (Å²) in [5, 5.41) is 7.77. The number of carbonyl (C=O) groups is 4. The van der Waals surface area contributed by atoms with E-state index < -0.39 is 6.04 Å². The minimum absolute atomic E-state index is 0.0694.